The topological polar surface area (TPSA) is 79.0 Å². The molecule has 1 saturated heterocycles. The highest BCUT2D eigenvalue weighted by molar-refractivity contribution is 5.91. The number of piperidine rings is 1. The molecule has 10 heteroatoms. The van der Waals surface area contributed by atoms with E-state index in [0.717, 1.165) is 6.07 Å². The lowest BCUT2D eigenvalue weighted by molar-refractivity contribution is -0.151. The standard InChI is InChI=1S/C23H32F3N3O4/c1-4-16(3)29(22(32)27-19-11-7-6-10-18(19)23(24,25)26)14-12-20(30)28-13-8-9-17(15-28)21(31)33-5-2/h6-7,10-11,16-17H,4-5,8-9,12-15H2,1-3H3,(H,27,32). The van der Waals surface area contributed by atoms with E-state index in [9.17, 15) is 27.6 Å². The molecule has 0 aromatic heterocycles. The number of halogens is 3. The number of likely N-dealkylation sites (tertiary alicyclic amines) is 1. The molecule has 7 nitrogen and oxygen atoms in total. The Morgan fingerprint density at radius 1 is 1.24 bits per heavy atom. The van der Waals surface area contributed by atoms with Crippen LogP contribution < -0.4 is 5.32 Å². The summed E-state index contributed by atoms with van der Waals surface area (Å²) in [6, 6.07) is 3.79. The molecule has 2 atom stereocenters. The van der Waals surface area contributed by atoms with Gasteiger partial charge >= 0.3 is 18.2 Å². The summed E-state index contributed by atoms with van der Waals surface area (Å²) < 4.78 is 44.9. The van der Waals surface area contributed by atoms with E-state index in [2.05, 4.69) is 5.32 Å². The van der Waals surface area contributed by atoms with E-state index in [1.54, 1.807) is 18.7 Å². The maximum absolute atomic E-state index is 13.3. The molecule has 0 spiro atoms. The lowest BCUT2D eigenvalue weighted by Crippen LogP contribution is -2.46. The average molecular weight is 472 g/mol. The van der Waals surface area contributed by atoms with Crippen molar-refractivity contribution in [2.24, 2.45) is 5.92 Å². The van der Waals surface area contributed by atoms with Crippen molar-refractivity contribution in [3.05, 3.63) is 29.8 Å². The Kier molecular flexibility index (Phi) is 9.55. The van der Waals surface area contributed by atoms with Crippen molar-refractivity contribution < 1.29 is 32.3 Å². The largest absolute Gasteiger partial charge is 0.466 e. The van der Waals surface area contributed by atoms with E-state index in [-0.39, 0.29) is 55.6 Å². The molecule has 1 aromatic carbocycles. The Balaban J connectivity index is 2.04. The summed E-state index contributed by atoms with van der Waals surface area (Å²) in [5, 5.41) is 2.35. The van der Waals surface area contributed by atoms with Crippen molar-refractivity contribution in [3.8, 4) is 0 Å². The number of carbonyl (C=O) groups is 3. The summed E-state index contributed by atoms with van der Waals surface area (Å²) in [6.45, 7) is 6.47. The molecule has 1 aromatic rings. The zero-order valence-electron chi connectivity index (χ0n) is 19.3. The third kappa shape index (κ3) is 7.36. The van der Waals surface area contributed by atoms with Crippen molar-refractivity contribution in [3.63, 3.8) is 0 Å². The smallest absolute Gasteiger partial charge is 0.418 e. The van der Waals surface area contributed by atoms with Gasteiger partial charge in [-0.2, -0.15) is 13.2 Å². The highest BCUT2D eigenvalue weighted by atomic mass is 19.4. The second kappa shape index (κ2) is 11.9. The number of esters is 1. The van der Waals surface area contributed by atoms with Gasteiger partial charge in [0.1, 0.15) is 0 Å². The summed E-state index contributed by atoms with van der Waals surface area (Å²) in [5.41, 5.74) is -1.26. The predicted molar refractivity (Wildman–Crippen MR) is 117 cm³/mol. The van der Waals surface area contributed by atoms with Crippen molar-refractivity contribution in [2.45, 2.75) is 58.7 Å². The third-order valence-electron chi connectivity index (χ3n) is 5.82. The first-order valence-corrected chi connectivity index (χ1v) is 11.3. The number of para-hydroxylation sites is 1. The number of urea groups is 1. The molecule has 3 amide bonds. The highest BCUT2D eigenvalue weighted by Gasteiger charge is 2.34. The number of anilines is 1. The molecule has 33 heavy (non-hydrogen) atoms. The van der Waals surface area contributed by atoms with Gasteiger partial charge in [-0.15, -0.1) is 0 Å². The van der Waals surface area contributed by atoms with E-state index < -0.39 is 17.8 Å². The van der Waals surface area contributed by atoms with Gasteiger partial charge in [-0.25, -0.2) is 4.79 Å². The van der Waals surface area contributed by atoms with Gasteiger partial charge in [0.05, 0.1) is 23.8 Å². The molecule has 0 radical (unpaired) electrons. The normalized spacial score (nSPS) is 17.3. The van der Waals surface area contributed by atoms with Gasteiger partial charge < -0.3 is 19.9 Å². The minimum atomic E-state index is -4.61. The van der Waals surface area contributed by atoms with Crippen LogP contribution in [0.3, 0.4) is 0 Å². The number of hydrogen-bond acceptors (Lipinski definition) is 4. The maximum atomic E-state index is 13.3. The van der Waals surface area contributed by atoms with Gasteiger partial charge in [0.15, 0.2) is 0 Å². The van der Waals surface area contributed by atoms with Crippen LogP contribution in [0.2, 0.25) is 0 Å². The van der Waals surface area contributed by atoms with Crippen molar-refractivity contribution in [2.75, 3.05) is 31.6 Å². The Labute approximate surface area is 192 Å². The highest BCUT2D eigenvalue weighted by Crippen LogP contribution is 2.34. The SMILES string of the molecule is CCOC(=O)C1CCCN(C(=O)CCN(C(=O)Nc2ccccc2C(F)(F)F)C(C)CC)C1. The molecule has 0 bridgehead atoms. The number of nitrogens with one attached hydrogen (secondary N) is 1. The summed E-state index contributed by atoms with van der Waals surface area (Å²) in [6.07, 6.45) is -2.70. The molecule has 1 fully saturated rings. The molecule has 2 unspecified atom stereocenters. The molecule has 1 N–H and O–H groups in total. The van der Waals surface area contributed by atoms with Gasteiger partial charge in [0, 0.05) is 32.1 Å². The van der Waals surface area contributed by atoms with Crippen molar-refractivity contribution in [1.82, 2.24) is 9.80 Å². The van der Waals surface area contributed by atoms with Crippen LogP contribution in [0.25, 0.3) is 0 Å². The van der Waals surface area contributed by atoms with E-state index in [1.165, 1.54) is 23.1 Å². The van der Waals surface area contributed by atoms with Gasteiger partial charge in [-0.05, 0) is 45.2 Å². The Bertz CT molecular complexity index is 831. The molecule has 0 aliphatic carbocycles. The number of rotatable bonds is 8. The quantitative estimate of drug-likeness (QED) is 0.565. The van der Waals surface area contributed by atoms with Crippen LogP contribution in [-0.2, 0) is 20.5 Å². The number of amides is 3. The van der Waals surface area contributed by atoms with Gasteiger partial charge in [-0.1, -0.05) is 19.1 Å². The van der Waals surface area contributed by atoms with Gasteiger partial charge in [0.25, 0.3) is 0 Å². The maximum Gasteiger partial charge on any atom is 0.418 e. The molecular formula is C23H32F3N3O4. The Morgan fingerprint density at radius 2 is 1.94 bits per heavy atom. The Hall–Kier alpha value is -2.78. The predicted octanol–water partition coefficient (Wildman–Crippen LogP) is 4.53. The van der Waals surface area contributed by atoms with Crippen LogP contribution in [0.15, 0.2) is 24.3 Å². The lowest BCUT2D eigenvalue weighted by Gasteiger charge is -2.33. The molecule has 1 aliphatic rings. The van der Waals surface area contributed by atoms with Crippen LogP contribution >= 0.6 is 0 Å². The average Bonchev–Trinajstić information content (AvgIpc) is 2.78. The second-order valence-corrected chi connectivity index (χ2v) is 8.11. The first-order chi connectivity index (χ1) is 15.6. The van der Waals surface area contributed by atoms with E-state index >= 15 is 0 Å². The lowest BCUT2D eigenvalue weighted by atomic mass is 9.98. The Morgan fingerprint density at radius 3 is 2.58 bits per heavy atom. The third-order valence-corrected chi connectivity index (χ3v) is 5.82. The fraction of sp³-hybridized carbons (Fsp3) is 0.609. The number of ether oxygens (including phenoxy) is 1. The molecule has 2 rings (SSSR count). The second-order valence-electron chi connectivity index (χ2n) is 8.11. The van der Waals surface area contributed by atoms with Crippen LogP contribution in [0.5, 0.6) is 0 Å². The number of benzene rings is 1. The molecular weight excluding hydrogens is 439 g/mol. The van der Waals surface area contributed by atoms with Crippen molar-refractivity contribution >= 4 is 23.6 Å². The van der Waals surface area contributed by atoms with E-state index in [0.29, 0.717) is 25.8 Å². The zero-order valence-corrected chi connectivity index (χ0v) is 19.3. The molecule has 1 heterocycles. The minimum Gasteiger partial charge on any atom is -0.466 e. The molecule has 1 aliphatic heterocycles. The fourth-order valence-electron chi connectivity index (χ4n) is 3.80. The van der Waals surface area contributed by atoms with Crippen LogP contribution in [0.1, 0.15) is 52.0 Å². The fourth-order valence-corrected chi connectivity index (χ4v) is 3.80. The first-order valence-electron chi connectivity index (χ1n) is 11.3. The van der Waals surface area contributed by atoms with Crippen LogP contribution in [0.4, 0.5) is 23.7 Å². The van der Waals surface area contributed by atoms with Crippen LogP contribution in [0, 0.1) is 5.92 Å². The monoisotopic (exact) mass is 471 g/mol. The van der Waals surface area contributed by atoms with Gasteiger partial charge in [-0.3, -0.25) is 9.59 Å². The summed E-state index contributed by atoms with van der Waals surface area (Å²) >= 11 is 0. The number of carbonyl (C=O) groups excluding carboxylic acids is 3. The zero-order chi connectivity index (χ0) is 24.6. The number of nitrogens with zero attached hydrogens (tertiary/aromatic N) is 2. The summed E-state index contributed by atoms with van der Waals surface area (Å²) in [5.74, 6) is -0.893. The number of alkyl halides is 3. The molecule has 0 saturated carbocycles. The minimum absolute atomic E-state index is 0.00816. The van der Waals surface area contributed by atoms with E-state index in [1.807, 2.05) is 6.92 Å². The number of hydrogen-bond donors (Lipinski definition) is 1. The summed E-state index contributed by atoms with van der Waals surface area (Å²) in [7, 11) is 0. The van der Waals surface area contributed by atoms with Crippen molar-refractivity contribution in [1.29, 1.82) is 0 Å². The van der Waals surface area contributed by atoms with E-state index in [4.69, 9.17) is 4.74 Å². The molecule has 184 valence electrons. The van der Waals surface area contributed by atoms with Gasteiger partial charge in [0.2, 0.25) is 5.91 Å². The summed E-state index contributed by atoms with van der Waals surface area (Å²) in [4.78, 5) is 40.6. The first kappa shape index (κ1) is 26.5. The van der Waals surface area contributed by atoms with Crippen LogP contribution in [-0.4, -0.2) is 60.0 Å².